The van der Waals surface area contributed by atoms with E-state index in [1.165, 1.54) is 24.3 Å². The van der Waals surface area contributed by atoms with Crippen LogP contribution >= 0.6 is 10.2 Å². The molecule has 1 aromatic rings. The van der Waals surface area contributed by atoms with Gasteiger partial charge < -0.3 is 4.79 Å². The molecule has 0 N–H and O–H groups in total. The summed E-state index contributed by atoms with van der Waals surface area (Å²) in [5, 5.41) is -3.22. The molecule has 0 spiro atoms. The van der Waals surface area contributed by atoms with Gasteiger partial charge in [-0.2, -0.15) is 0 Å². The predicted molar refractivity (Wildman–Crippen MR) is 53.1 cm³/mol. The Labute approximate surface area is 89.0 Å². The molecular formula is C9H9F5OS. The molecule has 0 heterocycles. The van der Waals surface area contributed by atoms with Gasteiger partial charge in [-0.25, -0.2) is 0 Å². The second-order valence-corrected chi connectivity index (χ2v) is 6.06. The minimum Gasteiger partial charge on any atom is -0.302 e. The molecule has 16 heavy (non-hydrogen) atoms. The molecule has 0 aliphatic heterocycles. The van der Waals surface area contributed by atoms with Crippen molar-refractivity contribution in [3.63, 3.8) is 0 Å². The Balaban J connectivity index is 3.00. The highest BCUT2D eigenvalue weighted by atomic mass is 32.5. The first kappa shape index (κ1) is 13.0. The summed E-state index contributed by atoms with van der Waals surface area (Å²) in [6, 6.07) is 6.91. The minimum atomic E-state index is -9.74. The third kappa shape index (κ3) is 3.48. The van der Waals surface area contributed by atoms with Crippen LogP contribution in [0.1, 0.15) is 5.56 Å². The number of halogens is 5. The van der Waals surface area contributed by atoms with Crippen LogP contribution in [0.15, 0.2) is 30.3 Å². The van der Waals surface area contributed by atoms with E-state index in [1.807, 2.05) is 0 Å². The van der Waals surface area contributed by atoms with Gasteiger partial charge in [0.2, 0.25) is 0 Å². The zero-order valence-corrected chi connectivity index (χ0v) is 8.77. The molecular weight excluding hydrogens is 251 g/mol. The van der Waals surface area contributed by atoms with E-state index in [4.69, 9.17) is 0 Å². The lowest BCUT2D eigenvalue weighted by molar-refractivity contribution is -0.107. The monoisotopic (exact) mass is 260 g/mol. The van der Waals surface area contributed by atoms with Crippen molar-refractivity contribution in [2.45, 2.75) is 11.7 Å². The van der Waals surface area contributed by atoms with Gasteiger partial charge in [-0.1, -0.05) is 49.8 Å². The van der Waals surface area contributed by atoms with Gasteiger partial charge in [0.15, 0.2) is 5.25 Å². The van der Waals surface area contributed by atoms with E-state index in [-0.39, 0.29) is 5.56 Å². The minimum absolute atomic E-state index is 0.0489. The number of carbonyl (C=O) groups is 1. The van der Waals surface area contributed by atoms with Crippen LogP contribution in [0.5, 0.6) is 0 Å². The summed E-state index contributed by atoms with van der Waals surface area (Å²) in [5.41, 5.74) is 0.0489. The van der Waals surface area contributed by atoms with Crippen molar-refractivity contribution in [3.8, 4) is 0 Å². The highest BCUT2D eigenvalue weighted by molar-refractivity contribution is 8.46. The molecule has 0 saturated carbocycles. The van der Waals surface area contributed by atoms with Crippen molar-refractivity contribution in [3.05, 3.63) is 35.9 Å². The standard InChI is InChI=1S/C9H9F5OS/c10-16(11,12,13,14)9(7-15)6-8-4-2-1-3-5-8/h1-5,7,9H,6H2. The van der Waals surface area contributed by atoms with Crippen LogP contribution in [0.25, 0.3) is 0 Å². The Hall–Kier alpha value is -1.11. The van der Waals surface area contributed by atoms with E-state index in [0.29, 0.717) is 0 Å². The van der Waals surface area contributed by atoms with Gasteiger partial charge in [0, 0.05) is 0 Å². The molecule has 0 amide bonds. The molecule has 0 aromatic heterocycles. The van der Waals surface area contributed by atoms with Crippen LogP contribution in [-0.4, -0.2) is 11.5 Å². The van der Waals surface area contributed by atoms with Gasteiger partial charge >= 0.3 is 0 Å². The lowest BCUT2D eigenvalue weighted by atomic mass is 10.1. The molecule has 1 atom stereocenters. The number of rotatable bonds is 4. The van der Waals surface area contributed by atoms with Crippen molar-refractivity contribution in [1.82, 2.24) is 0 Å². The molecule has 0 radical (unpaired) electrons. The van der Waals surface area contributed by atoms with Gasteiger partial charge in [0.1, 0.15) is 6.29 Å². The Morgan fingerprint density at radius 2 is 1.56 bits per heavy atom. The zero-order valence-electron chi connectivity index (χ0n) is 7.95. The number of hydrogen-bond donors (Lipinski definition) is 0. The Morgan fingerprint density at radius 1 is 1.06 bits per heavy atom. The SMILES string of the molecule is O=CC(Cc1ccccc1)S(F)(F)(F)(F)F. The molecule has 0 bridgehead atoms. The van der Waals surface area contributed by atoms with Gasteiger partial charge in [0.25, 0.3) is 10.2 Å². The largest absolute Gasteiger partial charge is 0.302 e. The van der Waals surface area contributed by atoms with Gasteiger partial charge in [-0.15, -0.1) is 0 Å². The smallest absolute Gasteiger partial charge is 0.294 e. The molecule has 0 fully saturated rings. The summed E-state index contributed by atoms with van der Waals surface area (Å²) in [7, 11) is -9.74. The molecule has 1 nitrogen and oxygen atoms in total. The highest BCUT2D eigenvalue weighted by Crippen LogP contribution is 3.00. The molecule has 0 saturated heterocycles. The lowest BCUT2D eigenvalue weighted by Crippen LogP contribution is -2.28. The summed E-state index contributed by atoms with van der Waals surface area (Å²) in [5.74, 6) is 0. The maximum atomic E-state index is 12.3. The molecule has 1 rings (SSSR count). The fraction of sp³-hybridized carbons (Fsp3) is 0.222. The first-order chi connectivity index (χ1) is 7.03. The molecule has 1 aromatic carbocycles. The third-order valence-electron chi connectivity index (χ3n) is 2.00. The highest BCUT2D eigenvalue weighted by Gasteiger charge is 2.69. The van der Waals surface area contributed by atoms with Crippen LogP contribution in [0.2, 0.25) is 0 Å². The van der Waals surface area contributed by atoms with Gasteiger partial charge in [-0.3, -0.25) is 0 Å². The molecule has 1 unspecified atom stereocenters. The quantitative estimate of drug-likeness (QED) is 0.588. The number of carbonyl (C=O) groups excluding carboxylic acids is 1. The summed E-state index contributed by atoms with van der Waals surface area (Å²) >= 11 is 0. The topological polar surface area (TPSA) is 17.1 Å². The molecule has 0 aliphatic carbocycles. The Bertz CT molecular complexity index is 384. The van der Waals surface area contributed by atoms with Crippen LogP contribution in [0.4, 0.5) is 19.4 Å². The Morgan fingerprint density at radius 3 is 1.94 bits per heavy atom. The number of aldehydes is 1. The van der Waals surface area contributed by atoms with E-state index < -0.39 is 28.2 Å². The van der Waals surface area contributed by atoms with E-state index >= 15 is 0 Å². The van der Waals surface area contributed by atoms with Crippen LogP contribution in [0, 0.1) is 0 Å². The molecule has 92 valence electrons. The fourth-order valence-corrected chi connectivity index (χ4v) is 1.87. The number of hydrogen-bond acceptors (Lipinski definition) is 1. The first-order valence-corrected chi connectivity index (χ1v) is 6.26. The third-order valence-corrected chi connectivity index (χ3v) is 3.43. The predicted octanol–water partition coefficient (Wildman–Crippen LogP) is 4.10. The van der Waals surface area contributed by atoms with Crippen LogP contribution < -0.4 is 0 Å². The van der Waals surface area contributed by atoms with Crippen molar-refractivity contribution in [2.24, 2.45) is 0 Å². The van der Waals surface area contributed by atoms with E-state index in [0.717, 1.165) is 0 Å². The first-order valence-electron chi connectivity index (χ1n) is 4.25. The zero-order chi connectivity index (χ0) is 12.5. The fourth-order valence-electron chi connectivity index (χ4n) is 1.16. The van der Waals surface area contributed by atoms with E-state index in [2.05, 4.69) is 0 Å². The van der Waals surface area contributed by atoms with Crippen molar-refractivity contribution < 1.29 is 24.2 Å². The second kappa shape index (κ2) is 3.19. The van der Waals surface area contributed by atoms with Gasteiger partial charge in [-0.05, 0) is 12.0 Å². The summed E-state index contributed by atoms with van der Waals surface area (Å²) in [6.07, 6.45) is -1.75. The summed E-state index contributed by atoms with van der Waals surface area (Å²) in [6.45, 7) is 0. The summed E-state index contributed by atoms with van der Waals surface area (Å²) < 4.78 is 61.7. The van der Waals surface area contributed by atoms with E-state index in [9.17, 15) is 24.2 Å². The summed E-state index contributed by atoms with van der Waals surface area (Å²) in [4.78, 5) is 10.2. The lowest BCUT2D eigenvalue weighted by Gasteiger charge is -2.44. The molecule has 7 heteroatoms. The normalized spacial score (nSPS) is 18.3. The number of benzene rings is 1. The van der Waals surface area contributed by atoms with Crippen LogP contribution in [-0.2, 0) is 11.2 Å². The second-order valence-electron chi connectivity index (χ2n) is 3.39. The van der Waals surface area contributed by atoms with Crippen molar-refractivity contribution in [2.75, 3.05) is 0 Å². The molecule has 0 aliphatic rings. The average molecular weight is 260 g/mol. The maximum Gasteiger partial charge on any atom is 0.294 e. The van der Waals surface area contributed by atoms with Crippen molar-refractivity contribution in [1.29, 1.82) is 0 Å². The van der Waals surface area contributed by atoms with Crippen LogP contribution in [0.3, 0.4) is 0 Å². The maximum absolute atomic E-state index is 12.3. The Kier molecular flexibility index (Phi) is 2.58. The van der Waals surface area contributed by atoms with Gasteiger partial charge in [0.05, 0.1) is 0 Å². The van der Waals surface area contributed by atoms with Crippen molar-refractivity contribution >= 4 is 16.5 Å². The average Bonchev–Trinajstić information content (AvgIpc) is 2.12. The van der Waals surface area contributed by atoms with E-state index in [1.54, 1.807) is 6.07 Å².